The smallest absolute Gasteiger partial charge is 0.124 e. The van der Waals surface area contributed by atoms with Crippen molar-refractivity contribution < 1.29 is 4.74 Å². The second-order valence-electron chi connectivity index (χ2n) is 5.28. The molecule has 0 spiro atoms. The van der Waals surface area contributed by atoms with Crippen molar-refractivity contribution in [1.29, 1.82) is 0 Å². The predicted molar refractivity (Wildman–Crippen MR) is 90.0 cm³/mol. The van der Waals surface area contributed by atoms with Gasteiger partial charge in [-0.05, 0) is 36.8 Å². The molecule has 21 heavy (non-hydrogen) atoms. The van der Waals surface area contributed by atoms with Crippen LogP contribution in [0.2, 0.25) is 5.02 Å². The fraction of sp³-hybridized carbons (Fsp3) is 0.294. The number of rotatable bonds is 3. The third-order valence-corrected chi connectivity index (χ3v) is 4.67. The van der Waals surface area contributed by atoms with Crippen molar-refractivity contribution in [2.24, 2.45) is 0 Å². The molecule has 1 unspecified atom stereocenters. The summed E-state index contributed by atoms with van der Waals surface area (Å²) in [6, 6.07) is 14.6. The summed E-state index contributed by atoms with van der Waals surface area (Å²) in [6.45, 7) is 2.88. The second-order valence-corrected chi connectivity index (χ2v) is 6.60. The van der Waals surface area contributed by atoms with Gasteiger partial charge in [0.2, 0.25) is 0 Å². The fourth-order valence-corrected chi connectivity index (χ4v) is 3.43. The highest BCUT2D eigenvalue weighted by Crippen LogP contribution is 2.36. The lowest BCUT2D eigenvalue weighted by Crippen LogP contribution is -2.29. The van der Waals surface area contributed by atoms with E-state index in [1.807, 2.05) is 30.3 Å². The number of hydrogen-bond acceptors (Lipinski definition) is 2. The van der Waals surface area contributed by atoms with Crippen LogP contribution in [0, 0.1) is 0 Å². The molecule has 2 nitrogen and oxygen atoms in total. The molecule has 2 atom stereocenters. The van der Waals surface area contributed by atoms with Gasteiger partial charge in [-0.25, -0.2) is 0 Å². The Kier molecular flexibility index (Phi) is 4.53. The standard InChI is InChI=1S/C17H17BrClNO/c1-11(13-4-2-3-5-15(13)19)20-16-8-9-21-17-7-6-12(18)10-14(16)17/h2-7,10-11,16,20H,8-9H2,1H3/t11-,16?/m0/s1. The van der Waals surface area contributed by atoms with Crippen LogP contribution in [-0.4, -0.2) is 6.61 Å². The first-order valence-electron chi connectivity index (χ1n) is 7.08. The number of benzene rings is 2. The van der Waals surface area contributed by atoms with E-state index in [-0.39, 0.29) is 12.1 Å². The van der Waals surface area contributed by atoms with Crippen LogP contribution in [0.3, 0.4) is 0 Å². The summed E-state index contributed by atoms with van der Waals surface area (Å²) < 4.78 is 6.81. The van der Waals surface area contributed by atoms with Gasteiger partial charge in [0.1, 0.15) is 5.75 Å². The maximum Gasteiger partial charge on any atom is 0.124 e. The van der Waals surface area contributed by atoms with Gasteiger partial charge in [0, 0.05) is 33.6 Å². The van der Waals surface area contributed by atoms with Gasteiger partial charge in [0.25, 0.3) is 0 Å². The van der Waals surface area contributed by atoms with Gasteiger partial charge >= 0.3 is 0 Å². The summed E-state index contributed by atoms with van der Waals surface area (Å²) in [6.07, 6.45) is 0.957. The highest BCUT2D eigenvalue weighted by Gasteiger charge is 2.23. The van der Waals surface area contributed by atoms with Crippen LogP contribution >= 0.6 is 27.5 Å². The monoisotopic (exact) mass is 365 g/mol. The lowest BCUT2D eigenvalue weighted by molar-refractivity contribution is 0.246. The average Bonchev–Trinajstić information content (AvgIpc) is 2.48. The van der Waals surface area contributed by atoms with E-state index in [1.54, 1.807) is 0 Å². The summed E-state index contributed by atoms with van der Waals surface area (Å²) in [4.78, 5) is 0. The van der Waals surface area contributed by atoms with Gasteiger partial charge in [0.05, 0.1) is 6.61 Å². The van der Waals surface area contributed by atoms with Gasteiger partial charge in [0.15, 0.2) is 0 Å². The average molecular weight is 367 g/mol. The lowest BCUT2D eigenvalue weighted by atomic mass is 9.98. The molecule has 4 heteroatoms. The SMILES string of the molecule is C[C@H](NC1CCOc2ccc(Br)cc21)c1ccccc1Cl. The van der Waals surface area contributed by atoms with Crippen LogP contribution in [0.5, 0.6) is 5.75 Å². The Balaban J connectivity index is 1.83. The molecule has 2 aromatic rings. The minimum Gasteiger partial charge on any atom is -0.493 e. The third-order valence-electron chi connectivity index (χ3n) is 3.83. The Morgan fingerprint density at radius 2 is 2.10 bits per heavy atom. The van der Waals surface area contributed by atoms with E-state index in [2.05, 4.69) is 40.3 Å². The van der Waals surface area contributed by atoms with E-state index in [9.17, 15) is 0 Å². The molecule has 1 aliphatic rings. The zero-order chi connectivity index (χ0) is 14.8. The van der Waals surface area contributed by atoms with Crippen molar-refractivity contribution >= 4 is 27.5 Å². The Bertz CT molecular complexity index is 646. The van der Waals surface area contributed by atoms with E-state index in [0.29, 0.717) is 0 Å². The van der Waals surface area contributed by atoms with Gasteiger partial charge in [-0.15, -0.1) is 0 Å². The first-order chi connectivity index (χ1) is 10.1. The van der Waals surface area contributed by atoms with E-state index in [1.165, 1.54) is 5.56 Å². The first-order valence-corrected chi connectivity index (χ1v) is 8.25. The van der Waals surface area contributed by atoms with Crippen LogP contribution in [-0.2, 0) is 0 Å². The quantitative estimate of drug-likeness (QED) is 0.798. The van der Waals surface area contributed by atoms with E-state index in [4.69, 9.17) is 16.3 Å². The Morgan fingerprint density at radius 3 is 2.90 bits per heavy atom. The number of ether oxygens (including phenoxy) is 1. The Morgan fingerprint density at radius 1 is 1.29 bits per heavy atom. The van der Waals surface area contributed by atoms with E-state index >= 15 is 0 Å². The molecule has 110 valence electrons. The number of nitrogens with one attached hydrogen (secondary N) is 1. The summed E-state index contributed by atoms with van der Waals surface area (Å²) in [7, 11) is 0. The molecular weight excluding hydrogens is 350 g/mol. The van der Waals surface area contributed by atoms with Crippen molar-refractivity contribution in [1.82, 2.24) is 5.32 Å². The molecule has 1 heterocycles. The molecule has 1 N–H and O–H groups in total. The van der Waals surface area contributed by atoms with Crippen LogP contribution < -0.4 is 10.1 Å². The minimum atomic E-state index is 0.189. The van der Waals surface area contributed by atoms with Gasteiger partial charge in [-0.3, -0.25) is 0 Å². The van der Waals surface area contributed by atoms with Crippen LogP contribution in [0.1, 0.15) is 36.6 Å². The van der Waals surface area contributed by atoms with Crippen molar-refractivity contribution in [3.63, 3.8) is 0 Å². The van der Waals surface area contributed by atoms with Crippen molar-refractivity contribution in [3.8, 4) is 5.75 Å². The van der Waals surface area contributed by atoms with Crippen LogP contribution in [0.25, 0.3) is 0 Å². The zero-order valence-corrected chi connectivity index (χ0v) is 14.1. The number of hydrogen-bond donors (Lipinski definition) is 1. The molecule has 0 aliphatic carbocycles. The highest BCUT2D eigenvalue weighted by molar-refractivity contribution is 9.10. The molecule has 0 amide bonds. The fourth-order valence-electron chi connectivity index (χ4n) is 2.76. The maximum absolute atomic E-state index is 6.29. The number of fused-ring (bicyclic) bond motifs is 1. The van der Waals surface area contributed by atoms with Crippen molar-refractivity contribution in [3.05, 3.63) is 63.1 Å². The Labute approximate surface area is 138 Å². The topological polar surface area (TPSA) is 21.3 Å². The summed E-state index contributed by atoms with van der Waals surface area (Å²) in [5.74, 6) is 0.966. The van der Waals surface area contributed by atoms with Gasteiger partial charge < -0.3 is 10.1 Å². The third kappa shape index (κ3) is 3.25. The molecule has 0 saturated heterocycles. The van der Waals surface area contributed by atoms with Gasteiger partial charge in [-0.1, -0.05) is 45.7 Å². The van der Waals surface area contributed by atoms with Crippen molar-refractivity contribution in [2.45, 2.75) is 25.4 Å². The van der Waals surface area contributed by atoms with Crippen LogP contribution in [0.4, 0.5) is 0 Å². The molecule has 1 aliphatic heterocycles. The van der Waals surface area contributed by atoms with Crippen molar-refractivity contribution in [2.75, 3.05) is 6.61 Å². The molecule has 0 radical (unpaired) electrons. The summed E-state index contributed by atoms with van der Waals surface area (Å²) in [5, 5.41) is 4.48. The normalized spacial score (nSPS) is 18.7. The predicted octanol–water partition coefficient (Wildman–Crippen LogP) is 5.28. The number of halogens is 2. The minimum absolute atomic E-state index is 0.189. The molecular formula is C17H17BrClNO. The summed E-state index contributed by atoms with van der Waals surface area (Å²) in [5.41, 5.74) is 2.33. The van der Waals surface area contributed by atoms with E-state index in [0.717, 1.165) is 33.8 Å². The lowest BCUT2D eigenvalue weighted by Gasteiger charge is -2.30. The molecule has 0 fully saturated rings. The molecule has 3 rings (SSSR count). The molecule has 0 saturated carbocycles. The van der Waals surface area contributed by atoms with Crippen LogP contribution in [0.15, 0.2) is 46.9 Å². The molecule has 0 aromatic heterocycles. The largest absolute Gasteiger partial charge is 0.493 e. The summed E-state index contributed by atoms with van der Waals surface area (Å²) >= 11 is 9.83. The first kappa shape index (κ1) is 14.9. The van der Waals surface area contributed by atoms with Gasteiger partial charge in [-0.2, -0.15) is 0 Å². The molecule has 0 bridgehead atoms. The maximum atomic E-state index is 6.29. The second kappa shape index (κ2) is 6.39. The zero-order valence-electron chi connectivity index (χ0n) is 11.8. The highest BCUT2D eigenvalue weighted by atomic mass is 79.9. The Hall–Kier alpha value is -1.03. The molecule has 2 aromatic carbocycles. The van der Waals surface area contributed by atoms with E-state index < -0.39 is 0 Å².